The largest absolute Gasteiger partial charge is 0.493 e. The fraction of sp³-hybridized carbons (Fsp3) is 0.130. The molecule has 0 spiro atoms. The van der Waals surface area contributed by atoms with Gasteiger partial charge in [0.15, 0.2) is 11.3 Å². The van der Waals surface area contributed by atoms with E-state index in [1.54, 1.807) is 7.11 Å². The SMILES string of the molecule is COc1cc2ccccc2c2c1op(C)oc1c(C)cc3ccccc3c12. The Kier molecular flexibility index (Phi) is 3.66. The van der Waals surface area contributed by atoms with Crippen molar-refractivity contribution in [2.75, 3.05) is 7.11 Å². The number of fused-ring (bicyclic) bond motifs is 7. The highest BCUT2D eigenvalue weighted by molar-refractivity contribution is 7.35. The van der Waals surface area contributed by atoms with Gasteiger partial charge < -0.3 is 13.1 Å². The zero-order chi connectivity index (χ0) is 18.5. The molecule has 4 aromatic carbocycles. The summed E-state index contributed by atoms with van der Waals surface area (Å²) in [6.07, 6.45) is 0. The molecule has 5 rings (SSSR count). The van der Waals surface area contributed by atoms with Crippen molar-refractivity contribution < 1.29 is 13.1 Å². The van der Waals surface area contributed by atoms with E-state index in [4.69, 9.17) is 13.1 Å². The summed E-state index contributed by atoms with van der Waals surface area (Å²) >= 11 is 0. The van der Waals surface area contributed by atoms with Crippen LogP contribution in [-0.2, 0) is 6.66 Å². The third kappa shape index (κ3) is 2.43. The van der Waals surface area contributed by atoms with Gasteiger partial charge in [0.05, 0.1) is 7.11 Å². The Bertz CT molecular complexity index is 1380. The van der Waals surface area contributed by atoms with Crippen molar-refractivity contribution >= 4 is 51.5 Å². The lowest BCUT2D eigenvalue weighted by Crippen LogP contribution is -1.87. The maximum absolute atomic E-state index is 6.31. The summed E-state index contributed by atoms with van der Waals surface area (Å²) in [6, 6.07) is 21.0. The van der Waals surface area contributed by atoms with Crippen LogP contribution >= 0.6 is 8.01 Å². The number of hydrogen-bond acceptors (Lipinski definition) is 3. The Balaban J connectivity index is 2.26. The second-order valence-corrected chi connectivity index (χ2v) is 7.99. The molecule has 4 heteroatoms. The lowest BCUT2D eigenvalue weighted by atomic mass is 9.96. The van der Waals surface area contributed by atoms with E-state index >= 15 is 0 Å². The van der Waals surface area contributed by atoms with Gasteiger partial charge in [-0.25, -0.2) is 0 Å². The Hall–Kier alpha value is -2.90. The molecule has 0 radical (unpaired) electrons. The van der Waals surface area contributed by atoms with Gasteiger partial charge in [0, 0.05) is 17.4 Å². The highest BCUT2D eigenvalue weighted by Gasteiger charge is 2.16. The van der Waals surface area contributed by atoms with Crippen LogP contribution in [0.3, 0.4) is 0 Å². The van der Waals surface area contributed by atoms with Crippen molar-refractivity contribution in [2.24, 2.45) is 6.66 Å². The van der Waals surface area contributed by atoms with Crippen molar-refractivity contribution in [3.63, 3.8) is 0 Å². The van der Waals surface area contributed by atoms with E-state index in [2.05, 4.69) is 55.5 Å². The molecule has 0 fully saturated rings. The Labute approximate surface area is 157 Å². The van der Waals surface area contributed by atoms with E-state index < -0.39 is 8.01 Å². The van der Waals surface area contributed by atoms with Crippen LogP contribution in [0.15, 0.2) is 69.1 Å². The predicted octanol–water partition coefficient (Wildman–Crippen LogP) is 7.45. The fourth-order valence-corrected chi connectivity index (χ4v) is 4.87. The summed E-state index contributed by atoms with van der Waals surface area (Å²) in [7, 11) is 0.567. The molecular weight excluding hydrogens is 355 g/mol. The molecule has 0 bridgehead atoms. The zero-order valence-corrected chi connectivity index (χ0v) is 16.3. The monoisotopic (exact) mass is 374 g/mol. The molecular formula is C23H19O3P. The smallest absolute Gasteiger partial charge is 0.213 e. The molecule has 5 aromatic rings. The molecule has 134 valence electrons. The summed E-state index contributed by atoms with van der Waals surface area (Å²) in [5.41, 5.74) is 2.78. The number of aryl methyl sites for hydroxylation is 2. The molecule has 0 saturated heterocycles. The van der Waals surface area contributed by atoms with Crippen molar-refractivity contribution in [3.05, 3.63) is 66.2 Å². The molecule has 0 amide bonds. The fourth-order valence-electron chi connectivity index (χ4n) is 3.90. The first-order valence-corrected chi connectivity index (χ1v) is 10.5. The molecule has 3 nitrogen and oxygen atoms in total. The van der Waals surface area contributed by atoms with Crippen LogP contribution in [-0.4, -0.2) is 7.11 Å². The van der Waals surface area contributed by atoms with Crippen LogP contribution in [0.5, 0.6) is 5.75 Å². The average Bonchev–Trinajstić information content (AvgIpc) is 2.84. The van der Waals surface area contributed by atoms with Crippen molar-refractivity contribution in [1.82, 2.24) is 0 Å². The molecule has 1 aromatic heterocycles. The molecule has 27 heavy (non-hydrogen) atoms. The van der Waals surface area contributed by atoms with Gasteiger partial charge in [0.1, 0.15) is 5.58 Å². The minimum Gasteiger partial charge on any atom is -0.493 e. The van der Waals surface area contributed by atoms with E-state index in [9.17, 15) is 0 Å². The summed E-state index contributed by atoms with van der Waals surface area (Å²) in [4.78, 5) is 0. The number of benzene rings is 4. The van der Waals surface area contributed by atoms with Gasteiger partial charge in [0.2, 0.25) is 8.01 Å². The quantitative estimate of drug-likeness (QED) is 0.306. The lowest BCUT2D eigenvalue weighted by Gasteiger charge is -2.09. The maximum Gasteiger partial charge on any atom is 0.213 e. The van der Waals surface area contributed by atoms with Crippen molar-refractivity contribution in [1.29, 1.82) is 0 Å². The summed E-state index contributed by atoms with van der Waals surface area (Å²) < 4.78 is 18.3. The highest BCUT2D eigenvalue weighted by Crippen LogP contribution is 2.44. The average molecular weight is 374 g/mol. The summed E-state index contributed by atoms with van der Waals surface area (Å²) in [5, 5.41) is 6.74. The third-order valence-corrected chi connectivity index (χ3v) is 5.94. The van der Waals surface area contributed by atoms with Gasteiger partial charge in [-0.2, -0.15) is 0 Å². The number of ether oxygens (including phenoxy) is 1. The maximum atomic E-state index is 6.31. The van der Waals surface area contributed by atoms with Gasteiger partial charge >= 0.3 is 0 Å². The number of rotatable bonds is 1. The second-order valence-electron chi connectivity index (χ2n) is 6.75. The van der Waals surface area contributed by atoms with Crippen molar-refractivity contribution in [2.45, 2.75) is 6.92 Å². The number of methoxy groups -OCH3 is 1. The predicted molar refractivity (Wildman–Crippen MR) is 114 cm³/mol. The normalized spacial score (nSPS) is 12.2. The molecule has 1 heterocycles. The van der Waals surface area contributed by atoms with Gasteiger partial charge in [-0.1, -0.05) is 48.5 Å². The lowest BCUT2D eigenvalue weighted by molar-refractivity contribution is 0.413. The second kappa shape index (κ2) is 6.07. The Morgan fingerprint density at radius 2 is 1.33 bits per heavy atom. The minimum absolute atomic E-state index is 0.736. The third-order valence-electron chi connectivity index (χ3n) is 5.06. The van der Waals surface area contributed by atoms with E-state index in [1.807, 2.05) is 18.8 Å². The van der Waals surface area contributed by atoms with Crippen LogP contribution in [0.2, 0.25) is 0 Å². The molecule has 1 atom stereocenters. The van der Waals surface area contributed by atoms with Gasteiger partial charge in [-0.3, -0.25) is 0 Å². The molecule has 0 saturated carbocycles. The van der Waals surface area contributed by atoms with Crippen LogP contribution < -0.4 is 4.74 Å². The standard InChI is InChI=1S/C23H19O3P/c1-14-12-15-8-4-6-10-17(15)20-21-18-11-7-5-9-16(18)13-19(24-2)23(21)26-27(3)25-22(14)20/h4-13H,1-3H3. The van der Waals surface area contributed by atoms with Crippen LogP contribution in [0.25, 0.3) is 43.5 Å². The van der Waals surface area contributed by atoms with Gasteiger partial charge in [0.25, 0.3) is 0 Å². The van der Waals surface area contributed by atoms with E-state index in [1.165, 1.54) is 5.39 Å². The van der Waals surface area contributed by atoms with Gasteiger partial charge in [-0.05, 0) is 46.2 Å². The van der Waals surface area contributed by atoms with Crippen LogP contribution in [0.1, 0.15) is 5.56 Å². The summed E-state index contributed by atoms with van der Waals surface area (Å²) in [5.74, 6) is 0.736. The Morgan fingerprint density at radius 1 is 0.778 bits per heavy atom. The molecule has 0 aliphatic heterocycles. The van der Waals surface area contributed by atoms with Crippen LogP contribution in [0, 0.1) is 6.92 Å². The first kappa shape index (κ1) is 16.3. The number of hydrogen-bond donors (Lipinski definition) is 0. The topological polar surface area (TPSA) is 35.5 Å². The first-order valence-electron chi connectivity index (χ1n) is 8.89. The van der Waals surface area contributed by atoms with Crippen LogP contribution in [0.4, 0.5) is 0 Å². The van der Waals surface area contributed by atoms with E-state index in [-0.39, 0.29) is 0 Å². The van der Waals surface area contributed by atoms with E-state index in [0.29, 0.717) is 0 Å². The highest BCUT2D eigenvalue weighted by atomic mass is 31.1. The molecule has 0 aliphatic rings. The molecule has 1 unspecified atom stereocenters. The zero-order valence-electron chi connectivity index (χ0n) is 15.4. The molecule has 0 aliphatic carbocycles. The van der Waals surface area contributed by atoms with Crippen molar-refractivity contribution in [3.8, 4) is 5.75 Å². The van der Waals surface area contributed by atoms with E-state index in [0.717, 1.165) is 49.4 Å². The first-order chi connectivity index (χ1) is 13.2. The summed E-state index contributed by atoms with van der Waals surface area (Å²) in [6.45, 7) is 4.08. The molecule has 0 N–H and O–H groups in total. The minimum atomic E-state index is -1.12. The van der Waals surface area contributed by atoms with Gasteiger partial charge in [-0.15, -0.1) is 0 Å². The Morgan fingerprint density at radius 3 is 2.00 bits per heavy atom.